The van der Waals surface area contributed by atoms with Gasteiger partial charge in [-0.05, 0) is 5.56 Å². The van der Waals surface area contributed by atoms with Crippen molar-refractivity contribution in [3.05, 3.63) is 48.2 Å². The summed E-state index contributed by atoms with van der Waals surface area (Å²) in [5, 5.41) is 14.2. The first kappa shape index (κ1) is 12.2. The lowest BCUT2D eigenvalue weighted by Gasteiger charge is -2.13. The molecule has 3 N–H and O–H groups in total. The molecule has 0 amide bonds. The third-order valence-corrected chi connectivity index (χ3v) is 3.47. The van der Waals surface area contributed by atoms with Crippen LogP contribution in [0.4, 0.5) is 5.82 Å². The van der Waals surface area contributed by atoms with Gasteiger partial charge in [0.15, 0.2) is 5.82 Å². The second-order valence-corrected chi connectivity index (χ2v) is 4.99. The number of β-amino-alcohol motifs (C(OH)–C–C–N with tert-alkyl or cyclic N) is 1. The van der Waals surface area contributed by atoms with Gasteiger partial charge in [-0.15, -0.1) is 0 Å². The number of hydrogen-bond donors (Lipinski definition) is 2. The van der Waals surface area contributed by atoms with Gasteiger partial charge in [-0.25, -0.2) is 0 Å². The molecule has 1 fully saturated rings. The van der Waals surface area contributed by atoms with Crippen LogP contribution in [0, 0.1) is 0 Å². The lowest BCUT2D eigenvalue weighted by atomic mass is 10.2. The van der Waals surface area contributed by atoms with Crippen LogP contribution >= 0.6 is 0 Å². The van der Waals surface area contributed by atoms with Gasteiger partial charge in [0, 0.05) is 31.4 Å². The molecular formula is C14H18N4O. The molecule has 1 aromatic heterocycles. The summed E-state index contributed by atoms with van der Waals surface area (Å²) in [4.78, 5) is 2.02. The molecule has 100 valence electrons. The first-order chi connectivity index (χ1) is 9.22. The molecule has 0 bridgehead atoms. The Bertz CT molecular complexity index is 529. The Morgan fingerprint density at radius 3 is 2.68 bits per heavy atom. The van der Waals surface area contributed by atoms with Crippen molar-refractivity contribution in [1.82, 2.24) is 9.78 Å². The fraction of sp³-hybridized carbons (Fsp3) is 0.357. The molecule has 3 rings (SSSR count). The van der Waals surface area contributed by atoms with E-state index in [2.05, 4.69) is 17.2 Å². The Hall–Kier alpha value is -1.85. The topological polar surface area (TPSA) is 67.3 Å². The van der Waals surface area contributed by atoms with Gasteiger partial charge in [0.25, 0.3) is 0 Å². The summed E-state index contributed by atoms with van der Waals surface area (Å²) in [6.07, 6.45) is 1.50. The lowest BCUT2D eigenvalue weighted by molar-refractivity contribution is 0.180. The number of nitrogens with zero attached hydrogens (tertiary/aromatic N) is 3. The summed E-state index contributed by atoms with van der Waals surface area (Å²) < 4.78 is 1.90. The van der Waals surface area contributed by atoms with Crippen LogP contribution in [0.15, 0.2) is 42.6 Å². The predicted octanol–water partition coefficient (Wildman–Crippen LogP) is 0.440. The number of anilines is 1. The summed E-state index contributed by atoms with van der Waals surface area (Å²) in [5.74, 6) is 0.878. The van der Waals surface area contributed by atoms with Gasteiger partial charge in [-0.1, -0.05) is 30.3 Å². The van der Waals surface area contributed by atoms with Crippen molar-refractivity contribution in [2.75, 3.05) is 18.0 Å². The van der Waals surface area contributed by atoms with Crippen molar-refractivity contribution in [2.24, 2.45) is 5.73 Å². The van der Waals surface area contributed by atoms with E-state index in [1.165, 1.54) is 5.56 Å². The number of aliphatic hydroxyl groups is 1. The summed E-state index contributed by atoms with van der Waals surface area (Å²) in [6, 6.07) is 12.0. The van der Waals surface area contributed by atoms with Crippen LogP contribution in [0.25, 0.3) is 0 Å². The zero-order valence-corrected chi connectivity index (χ0v) is 10.7. The van der Waals surface area contributed by atoms with E-state index in [9.17, 15) is 5.11 Å². The van der Waals surface area contributed by atoms with E-state index in [1.807, 2.05) is 40.0 Å². The number of aliphatic hydroxyl groups excluding tert-OH is 1. The quantitative estimate of drug-likeness (QED) is 0.838. The maximum absolute atomic E-state index is 9.67. The minimum atomic E-state index is -0.459. The molecule has 2 aromatic rings. The van der Waals surface area contributed by atoms with Crippen molar-refractivity contribution in [3.63, 3.8) is 0 Å². The van der Waals surface area contributed by atoms with Crippen molar-refractivity contribution in [3.8, 4) is 0 Å². The summed E-state index contributed by atoms with van der Waals surface area (Å²) in [7, 11) is 0. The first-order valence-electron chi connectivity index (χ1n) is 6.48. The molecule has 5 nitrogen and oxygen atoms in total. The van der Waals surface area contributed by atoms with Crippen LogP contribution in [0.1, 0.15) is 5.56 Å². The molecule has 19 heavy (non-hydrogen) atoms. The molecule has 5 heteroatoms. The zero-order valence-electron chi connectivity index (χ0n) is 10.7. The van der Waals surface area contributed by atoms with Crippen molar-refractivity contribution >= 4 is 5.82 Å². The highest BCUT2D eigenvalue weighted by Crippen LogP contribution is 2.17. The van der Waals surface area contributed by atoms with Crippen LogP contribution in [0.2, 0.25) is 0 Å². The molecule has 2 atom stereocenters. The monoisotopic (exact) mass is 258 g/mol. The van der Waals surface area contributed by atoms with Crippen LogP contribution in [0.3, 0.4) is 0 Å². The van der Waals surface area contributed by atoms with E-state index in [4.69, 9.17) is 5.73 Å². The molecule has 0 radical (unpaired) electrons. The molecule has 1 aliphatic heterocycles. The van der Waals surface area contributed by atoms with Crippen molar-refractivity contribution < 1.29 is 5.11 Å². The van der Waals surface area contributed by atoms with Crippen molar-refractivity contribution in [1.29, 1.82) is 0 Å². The highest BCUT2D eigenvalue weighted by atomic mass is 16.3. The van der Waals surface area contributed by atoms with Gasteiger partial charge in [-0.3, -0.25) is 4.68 Å². The normalized spacial score (nSPS) is 22.9. The number of benzene rings is 1. The van der Waals surface area contributed by atoms with Gasteiger partial charge >= 0.3 is 0 Å². The van der Waals surface area contributed by atoms with Gasteiger partial charge in [-0.2, -0.15) is 5.10 Å². The van der Waals surface area contributed by atoms with Crippen LogP contribution in [-0.2, 0) is 6.54 Å². The fourth-order valence-corrected chi connectivity index (χ4v) is 2.38. The molecule has 2 unspecified atom stereocenters. The predicted molar refractivity (Wildman–Crippen MR) is 74.0 cm³/mol. The molecule has 1 aromatic carbocycles. The van der Waals surface area contributed by atoms with E-state index in [1.54, 1.807) is 0 Å². The van der Waals surface area contributed by atoms with Crippen LogP contribution < -0.4 is 10.6 Å². The SMILES string of the molecule is NC1CN(c2ccn(Cc3ccccc3)n2)CC1O. The number of nitrogens with two attached hydrogens (primary N) is 1. The average molecular weight is 258 g/mol. The van der Waals surface area contributed by atoms with Gasteiger partial charge in [0.05, 0.1) is 12.6 Å². The second-order valence-electron chi connectivity index (χ2n) is 4.99. The van der Waals surface area contributed by atoms with E-state index in [0.717, 1.165) is 12.4 Å². The Morgan fingerprint density at radius 1 is 1.21 bits per heavy atom. The lowest BCUT2D eigenvalue weighted by Crippen LogP contribution is -2.32. The van der Waals surface area contributed by atoms with E-state index in [0.29, 0.717) is 13.1 Å². The number of hydrogen-bond acceptors (Lipinski definition) is 4. The largest absolute Gasteiger partial charge is 0.390 e. The van der Waals surface area contributed by atoms with Crippen LogP contribution in [-0.4, -0.2) is 40.1 Å². The summed E-state index contributed by atoms with van der Waals surface area (Å²) in [5.41, 5.74) is 7.03. The third kappa shape index (κ3) is 2.62. The fourth-order valence-electron chi connectivity index (χ4n) is 2.38. The Balaban J connectivity index is 1.70. The van der Waals surface area contributed by atoms with Crippen LogP contribution in [0.5, 0.6) is 0 Å². The zero-order chi connectivity index (χ0) is 13.2. The second kappa shape index (κ2) is 5.03. The van der Waals surface area contributed by atoms with Crippen molar-refractivity contribution in [2.45, 2.75) is 18.7 Å². The number of aromatic nitrogens is 2. The van der Waals surface area contributed by atoms with E-state index < -0.39 is 6.10 Å². The third-order valence-electron chi connectivity index (χ3n) is 3.47. The Kier molecular flexibility index (Phi) is 3.23. The summed E-state index contributed by atoms with van der Waals surface area (Å²) >= 11 is 0. The molecule has 2 heterocycles. The standard InChI is InChI=1S/C14H18N4O/c15-12-9-17(10-13(12)19)14-6-7-18(16-14)8-11-4-2-1-3-5-11/h1-7,12-13,19H,8-10,15H2. The maximum Gasteiger partial charge on any atom is 0.150 e. The average Bonchev–Trinajstić information content (AvgIpc) is 2.99. The molecule has 0 aliphatic carbocycles. The molecule has 1 aliphatic rings. The Labute approximate surface area is 112 Å². The van der Waals surface area contributed by atoms with Gasteiger partial charge < -0.3 is 15.7 Å². The van der Waals surface area contributed by atoms with E-state index >= 15 is 0 Å². The van der Waals surface area contributed by atoms with Gasteiger partial charge in [0.2, 0.25) is 0 Å². The molecule has 0 saturated carbocycles. The van der Waals surface area contributed by atoms with Gasteiger partial charge in [0.1, 0.15) is 0 Å². The first-order valence-corrected chi connectivity index (χ1v) is 6.48. The minimum Gasteiger partial charge on any atom is -0.390 e. The summed E-state index contributed by atoms with van der Waals surface area (Å²) in [6.45, 7) is 1.97. The smallest absolute Gasteiger partial charge is 0.150 e. The highest BCUT2D eigenvalue weighted by Gasteiger charge is 2.29. The molecule has 0 spiro atoms. The number of rotatable bonds is 3. The Morgan fingerprint density at radius 2 is 2.00 bits per heavy atom. The molecule has 1 saturated heterocycles. The molecular weight excluding hydrogens is 240 g/mol. The maximum atomic E-state index is 9.67. The minimum absolute atomic E-state index is 0.181. The van der Waals surface area contributed by atoms with E-state index in [-0.39, 0.29) is 6.04 Å². The highest BCUT2D eigenvalue weighted by molar-refractivity contribution is 5.39.